The first-order valence-corrected chi connectivity index (χ1v) is 6.68. The summed E-state index contributed by atoms with van der Waals surface area (Å²) in [7, 11) is 0. The van der Waals surface area contributed by atoms with Gasteiger partial charge in [0.05, 0.1) is 5.25 Å². The molecule has 0 saturated heterocycles. The van der Waals surface area contributed by atoms with Crippen molar-refractivity contribution in [1.29, 1.82) is 0 Å². The van der Waals surface area contributed by atoms with Crippen LogP contribution < -0.4 is 0 Å². The van der Waals surface area contributed by atoms with Crippen LogP contribution in [0.3, 0.4) is 0 Å². The Morgan fingerprint density at radius 1 is 1.41 bits per heavy atom. The van der Waals surface area contributed by atoms with Gasteiger partial charge < -0.3 is 0 Å². The third-order valence-electron chi connectivity index (χ3n) is 2.36. The highest BCUT2D eigenvalue weighted by Gasteiger charge is 2.17. The molecule has 0 heterocycles. The molecule has 1 rings (SSSR count). The van der Waals surface area contributed by atoms with Gasteiger partial charge in [-0.1, -0.05) is 36.4 Å². The molecule has 0 fully saturated rings. The van der Waals surface area contributed by atoms with E-state index in [1.807, 2.05) is 36.4 Å². The molecule has 0 aliphatic rings. The number of nitro groups is 1. The van der Waals surface area contributed by atoms with Gasteiger partial charge in [-0.15, -0.1) is 18.3 Å². The van der Waals surface area contributed by atoms with Gasteiger partial charge >= 0.3 is 0 Å². The average Bonchev–Trinajstić information content (AvgIpc) is 2.34. The quantitative estimate of drug-likeness (QED) is 0.306. The fourth-order valence-electron chi connectivity index (χ4n) is 1.51. The smallest absolute Gasteiger partial charge is 0.219 e. The zero-order valence-corrected chi connectivity index (χ0v) is 10.6. The van der Waals surface area contributed by atoms with Gasteiger partial charge in [-0.25, -0.2) is 0 Å². The maximum absolute atomic E-state index is 10.6. The lowest BCUT2D eigenvalue weighted by Gasteiger charge is -2.12. The minimum Gasteiger partial charge on any atom is -0.264 e. The number of hydrogen-bond donors (Lipinski definition) is 0. The molecule has 1 unspecified atom stereocenters. The summed E-state index contributed by atoms with van der Waals surface area (Å²) in [4.78, 5) is 10.4. The highest BCUT2D eigenvalue weighted by molar-refractivity contribution is 7.99. The van der Waals surface area contributed by atoms with Gasteiger partial charge in [0.15, 0.2) is 0 Å². The fraction of sp³-hybridized carbons (Fsp3) is 0.385. The van der Waals surface area contributed by atoms with Crippen LogP contribution >= 0.6 is 11.8 Å². The molecule has 1 aromatic carbocycles. The molecule has 0 saturated carbocycles. The van der Waals surface area contributed by atoms with Crippen molar-refractivity contribution in [2.75, 3.05) is 12.3 Å². The SMILES string of the molecule is C=CCCCSC(C[N+](=O)[O-])c1ccccc1. The van der Waals surface area contributed by atoms with E-state index in [2.05, 4.69) is 6.58 Å². The lowest BCUT2D eigenvalue weighted by atomic mass is 10.1. The Labute approximate surface area is 106 Å². The van der Waals surface area contributed by atoms with E-state index in [4.69, 9.17) is 0 Å². The minimum absolute atomic E-state index is 0.0111. The number of thioether (sulfide) groups is 1. The van der Waals surface area contributed by atoms with E-state index in [0.29, 0.717) is 0 Å². The molecule has 1 atom stereocenters. The predicted octanol–water partition coefficient (Wildman–Crippen LogP) is 3.70. The normalized spacial score (nSPS) is 12.0. The Balaban J connectivity index is 2.55. The minimum atomic E-state index is -0.238. The van der Waals surface area contributed by atoms with Gasteiger partial charge in [-0.05, 0) is 24.2 Å². The molecular weight excluding hydrogens is 234 g/mol. The van der Waals surface area contributed by atoms with Crippen LogP contribution in [0.4, 0.5) is 0 Å². The Morgan fingerprint density at radius 2 is 2.12 bits per heavy atom. The molecule has 17 heavy (non-hydrogen) atoms. The van der Waals surface area contributed by atoms with Gasteiger partial charge in [-0.3, -0.25) is 10.1 Å². The second-order valence-corrected chi connectivity index (χ2v) is 5.03. The van der Waals surface area contributed by atoms with Gasteiger partial charge in [-0.2, -0.15) is 0 Å². The maximum Gasteiger partial charge on any atom is 0.219 e. The molecule has 3 nitrogen and oxygen atoms in total. The first kappa shape index (κ1) is 13.8. The number of benzene rings is 1. The van der Waals surface area contributed by atoms with Crippen molar-refractivity contribution in [1.82, 2.24) is 0 Å². The van der Waals surface area contributed by atoms with Crippen molar-refractivity contribution in [3.05, 3.63) is 58.7 Å². The van der Waals surface area contributed by atoms with E-state index in [1.54, 1.807) is 11.8 Å². The number of nitrogens with zero attached hydrogens (tertiary/aromatic N) is 1. The second-order valence-electron chi connectivity index (χ2n) is 3.72. The number of rotatable bonds is 8. The van der Waals surface area contributed by atoms with Crippen molar-refractivity contribution in [2.24, 2.45) is 0 Å². The van der Waals surface area contributed by atoms with Crippen LogP contribution in [0.15, 0.2) is 43.0 Å². The van der Waals surface area contributed by atoms with Crippen molar-refractivity contribution >= 4 is 11.8 Å². The molecular formula is C13H17NO2S. The van der Waals surface area contributed by atoms with Crippen LogP contribution in [0.25, 0.3) is 0 Å². The van der Waals surface area contributed by atoms with Crippen molar-refractivity contribution < 1.29 is 4.92 Å². The number of hydrogen-bond acceptors (Lipinski definition) is 3. The molecule has 0 radical (unpaired) electrons. The molecule has 4 heteroatoms. The van der Waals surface area contributed by atoms with Crippen LogP contribution in [-0.2, 0) is 0 Å². The van der Waals surface area contributed by atoms with Crippen LogP contribution in [0.5, 0.6) is 0 Å². The molecule has 1 aromatic rings. The van der Waals surface area contributed by atoms with Gasteiger partial charge in [0.25, 0.3) is 0 Å². The van der Waals surface area contributed by atoms with Gasteiger partial charge in [0.2, 0.25) is 6.54 Å². The summed E-state index contributed by atoms with van der Waals surface area (Å²) in [5.74, 6) is 0.930. The van der Waals surface area contributed by atoms with E-state index in [-0.39, 0.29) is 16.7 Å². The Bertz CT molecular complexity index is 354. The third-order valence-corrected chi connectivity index (χ3v) is 3.71. The van der Waals surface area contributed by atoms with Gasteiger partial charge in [0, 0.05) is 4.92 Å². The van der Waals surface area contributed by atoms with Crippen molar-refractivity contribution in [3.8, 4) is 0 Å². The molecule has 0 amide bonds. The molecule has 0 aliphatic carbocycles. The highest BCUT2D eigenvalue weighted by Crippen LogP contribution is 2.29. The standard InChI is InChI=1S/C13H17NO2S/c1-2-3-7-10-17-13(11-14(15)16)12-8-5-4-6-9-12/h2,4-6,8-9,13H,1,3,7,10-11H2. The van der Waals surface area contributed by atoms with E-state index >= 15 is 0 Å². The lowest BCUT2D eigenvalue weighted by Crippen LogP contribution is -2.10. The summed E-state index contributed by atoms with van der Waals surface area (Å²) in [6.45, 7) is 3.66. The first-order valence-electron chi connectivity index (χ1n) is 5.63. The Hall–Kier alpha value is -1.29. The molecule has 0 bridgehead atoms. The average molecular weight is 251 g/mol. The molecule has 0 spiro atoms. The van der Waals surface area contributed by atoms with Gasteiger partial charge in [0.1, 0.15) is 0 Å². The van der Waals surface area contributed by atoms with Crippen molar-refractivity contribution in [3.63, 3.8) is 0 Å². The van der Waals surface area contributed by atoms with Crippen LogP contribution in [0.2, 0.25) is 0 Å². The topological polar surface area (TPSA) is 43.1 Å². The summed E-state index contributed by atoms with van der Waals surface area (Å²) in [6.07, 6.45) is 3.87. The second kappa shape index (κ2) is 7.90. The van der Waals surface area contributed by atoms with Crippen LogP contribution in [0, 0.1) is 10.1 Å². The van der Waals surface area contributed by atoms with E-state index < -0.39 is 0 Å². The van der Waals surface area contributed by atoms with E-state index in [9.17, 15) is 10.1 Å². The molecule has 0 N–H and O–H groups in total. The summed E-state index contributed by atoms with van der Waals surface area (Å²) in [6, 6.07) is 9.68. The Morgan fingerprint density at radius 3 is 2.71 bits per heavy atom. The predicted molar refractivity (Wildman–Crippen MR) is 72.9 cm³/mol. The van der Waals surface area contributed by atoms with Crippen molar-refractivity contribution in [2.45, 2.75) is 18.1 Å². The molecule has 92 valence electrons. The first-order chi connectivity index (χ1) is 8.24. The largest absolute Gasteiger partial charge is 0.264 e. The zero-order valence-electron chi connectivity index (χ0n) is 9.75. The monoisotopic (exact) mass is 251 g/mol. The number of unbranched alkanes of at least 4 members (excludes halogenated alkanes) is 1. The Kier molecular flexibility index (Phi) is 6.40. The number of allylic oxidation sites excluding steroid dienone is 1. The summed E-state index contributed by atoms with van der Waals surface area (Å²) >= 11 is 1.65. The zero-order chi connectivity index (χ0) is 12.5. The summed E-state index contributed by atoms with van der Waals surface area (Å²) < 4.78 is 0. The fourth-order valence-corrected chi connectivity index (χ4v) is 2.71. The third kappa shape index (κ3) is 5.54. The lowest BCUT2D eigenvalue weighted by molar-refractivity contribution is -0.479. The molecule has 0 aromatic heterocycles. The van der Waals surface area contributed by atoms with Crippen LogP contribution in [0.1, 0.15) is 23.7 Å². The van der Waals surface area contributed by atoms with E-state index in [1.165, 1.54) is 0 Å². The van der Waals surface area contributed by atoms with Crippen LogP contribution in [-0.4, -0.2) is 17.2 Å². The summed E-state index contributed by atoms with van der Waals surface area (Å²) in [5.41, 5.74) is 1.04. The van der Waals surface area contributed by atoms with E-state index in [0.717, 1.165) is 24.2 Å². The highest BCUT2D eigenvalue weighted by atomic mass is 32.2. The molecule has 0 aliphatic heterocycles. The maximum atomic E-state index is 10.6. The summed E-state index contributed by atoms with van der Waals surface area (Å²) in [5, 5.41) is 10.6.